The van der Waals surface area contributed by atoms with Gasteiger partial charge in [-0.15, -0.1) is 0 Å². The Bertz CT molecular complexity index is 589. The number of fused-ring (bicyclic) bond motifs is 1. The molecule has 2 aromatic rings. The summed E-state index contributed by atoms with van der Waals surface area (Å²) in [4.78, 5) is 12.4. The maximum absolute atomic E-state index is 5.43. The fourth-order valence-electron chi connectivity index (χ4n) is 3.09. The fourth-order valence-corrected chi connectivity index (χ4v) is 3.09. The molecule has 0 saturated carbocycles. The number of rotatable bonds is 5. The normalized spacial score (nSPS) is 20.6. The summed E-state index contributed by atoms with van der Waals surface area (Å²) >= 11 is 0. The molecule has 1 saturated heterocycles. The minimum Gasteiger partial charge on any atom is -0.478 e. The first-order valence-corrected chi connectivity index (χ1v) is 7.95. The number of ether oxygens (including phenoxy) is 1. The molecule has 2 unspecified atom stereocenters. The van der Waals surface area contributed by atoms with Gasteiger partial charge in [0.2, 0.25) is 5.88 Å². The van der Waals surface area contributed by atoms with E-state index in [9.17, 15) is 0 Å². The molecule has 3 rings (SSSR count). The van der Waals surface area contributed by atoms with Gasteiger partial charge in [0.1, 0.15) is 5.82 Å². The Kier molecular flexibility index (Phi) is 4.39. The highest BCUT2D eigenvalue weighted by Gasteiger charge is 2.21. The quantitative estimate of drug-likeness (QED) is 0.887. The second-order valence-electron chi connectivity index (χ2n) is 5.93. The van der Waals surface area contributed by atoms with Gasteiger partial charge in [0.15, 0.2) is 5.65 Å². The van der Waals surface area contributed by atoms with E-state index in [0.29, 0.717) is 18.4 Å². The zero-order valence-electron chi connectivity index (χ0n) is 12.9. The molecule has 0 aromatic carbocycles. The lowest BCUT2D eigenvalue weighted by molar-refractivity contribution is 0.276. The number of pyridine rings is 1. The van der Waals surface area contributed by atoms with Crippen LogP contribution in [0.15, 0.2) is 12.1 Å². The molecule has 3 heterocycles. The number of aromatic amines is 1. The first kappa shape index (κ1) is 14.3. The summed E-state index contributed by atoms with van der Waals surface area (Å²) in [6.07, 6.45) is 3.59. The van der Waals surface area contributed by atoms with Crippen LogP contribution in [-0.4, -0.2) is 34.6 Å². The molecule has 0 amide bonds. The lowest BCUT2D eigenvalue weighted by atomic mass is 9.85. The SMILES string of the molecule is CCOc1ccc2[nH]c(CC(C)C3CCCNC3)nc2n1. The Balaban J connectivity index is 1.71. The summed E-state index contributed by atoms with van der Waals surface area (Å²) in [5.74, 6) is 3.06. The predicted octanol–water partition coefficient (Wildman–Crippen LogP) is 2.53. The molecular weight excluding hydrogens is 264 g/mol. The van der Waals surface area contributed by atoms with Crippen LogP contribution in [0.25, 0.3) is 11.2 Å². The summed E-state index contributed by atoms with van der Waals surface area (Å²) in [5, 5.41) is 3.49. The molecule has 0 bridgehead atoms. The molecule has 5 heteroatoms. The summed E-state index contributed by atoms with van der Waals surface area (Å²) in [6, 6.07) is 3.89. The number of hydrogen-bond acceptors (Lipinski definition) is 4. The molecule has 2 atom stereocenters. The number of nitrogens with one attached hydrogen (secondary N) is 2. The molecule has 2 aromatic heterocycles. The standard InChI is InChI=1S/C16H24N4O/c1-3-21-15-7-6-13-16(20-15)19-14(18-13)9-11(2)12-5-4-8-17-10-12/h6-7,11-12,17H,3-5,8-10H2,1-2H3,(H,18,19,20). The highest BCUT2D eigenvalue weighted by atomic mass is 16.5. The molecule has 1 aliphatic heterocycles. The third-order valence-corrected chi connectivity index (χ3v) is 4.32. The van der Waals surface area contributed by atoms with E-state index in [4.69, 9.17) is 4.74 Å². The van der Waals surface area contributed by atoms with Crippen molar-refractivity contribution in [3.05, 3.63) is 18.0 Å². The zero-order chi connectivity index (χ0) is 14.7. The van der Waals surface area contributed by atoms with Gasteiger partial charge in [0.05, 0.1) is 12.1 Å². The Morgan fingerprint density at radius 3 is 3.05 bits per heavy atom. The van der Waals surface area contributed by atoms with E-state index in [1.54, 1.807) is 0 Å². The van der Waals surface area contributed by atoms with Crippen LogP contribution in [0.2, 0.25) is 0 Å². The average molecular weight is 288 g/mol. The van der Waals surface area contributed by atoms with E-state index in [-0.39, 0.29) is 0 Å². The van der Waals surface area contributed by atoms with Crippen LogP contribution < -0.4 is 10.1 Å². The average Bonchev–Trinajstić information content (AvgIpc) is 2.90. The van der Waals surface area contributed by atoms with Crippen LogP contribution in [0.1, 0.15) is 32.5 Å². The number of piperidine rings is 1. The van der Waals surface area contributed by atoms with Gasteiger partial charge in [0.25, 0.3) is 0 Å². The number of H-pyrrole nitrogens is 1. The van der Waals surface area contributed by atoms with Crippen molar-refractivity contribution in [1.82, 2.24) is 20.3 Å². The third kappa shape index (κ3) is 3.35. The van der Waals surface area contributed by atoms with Crippen molar-refractivity contribution in [2.24, 2.45) is 11.8 Å². The molecular formula is C16H24N4O. The van der Waals surface area contributed by atoms with Gasteiger partial charge >= 0.3 is 0 Å². The first-order chi connectivity index (χ1) is 10.3. The molecule has 2 N–H and O–H groups in total. The van der Waals surface area contributed by atoms with Crippen molar-refractivity contribution in [2.45, 2.75) is 33.1 Å². The van der Waals surface area contributed by atoms with Gasteiger partial charge in [-0.05, 0) is 50.8 Å². The van der Waals surface area contributed by atoms with Gasteiger partial charge in [-0.25, -0.2) is 4.98 Å². The van der Waals surface area contributed by atoms with Crippen molar-refractivity contribution in [1.29, 1.82) is 0 Å². The zero-order valence-corrected chi connectivity index (χ0v) is 12.9. The molecule has 0 radical (unpaired) electrons. The second-order valence-corrected chi connectivity index (χ2v) is 5.93. The van der Waals surface area contributed by atoms with E-state index in [1.807, 2.05) is 19.1 Å². The van der Waals surface area contributed by atoms with E-state index in [2.05, 4.69) is 27.2 Å². The van der Waals surface area contributed by atoms with E-state index >= 15 is 0 Å². The number of imidazole rings is 1. The van der Waals surface area contributed by atoms with Crippen LogP contribution in [0.3, 0.4) is 0 Å². The topological polar surface area (TPSA) is 62.8 Å². The molecule has 1 aliphatic rings. The molecule has 1 fully saturated rings. The van der Waals surface area contributed by atoms with Crippen molar-refractivity contribution in [3.63, 3.8) is 0 Å². The van der Waals surface area contributed by atoms with Gasteiger partial charge < -0.3 is 15.0 Å². The van der Waals surface area contributed by atoms with Gasteiger partial charge in [0, 0.05) is 12.5 Å². The number of hydrogen-bond donors (Lipinski definition) is 2. The third-order valence-electron chi connectivity index (χ3n) is 4.32. The summed E-state index contributed by atoms with van der Waals surface area (Å²) in [6.45, 7) is 7.21. The lowest BCUT2D eigenvalue weighted by Gasteiger charge is -2.27. The van der Waals surface area contributed by atoms with E-state index < -0.39 is 0 Å². The van der Waals surface area contributed by atoms with Crippen LogP contribution in [0.5, 0.6) is 5.88 Å². The maximum Gasteiger partial charge on any atom is 0.215 e. The lowest BCUT2D eigenvalue weighted by Crippen LogP contribution is -2.34. The summed E-state index contributed by atoms with van der Waals surface area (Å²) in [5.41, 5.74) is 1.74. The highest BCUT2D eigenvalue weighted by molar-refractivity contribution is 5.71. The Hall–Kier alpha value is -1.62. The molecule has 0 aliphatic carbocycles. The first-order valence-electron chi connectivity index (χ1n) is 7.95. The van der Waals surface area contributed by atoms with Crippen LogP contribution in [0, 0.1) is 11.8 Å². The summed E-state index contributed by atoms with van der Waals surface area (Å²) in [7, 11) is 0. The minimum absolute atomic E-state index is 0.626. The number of nitrogens with zero attached hydrogens (tertiary/aromatic N) is 2. The summed E-state index contributed by atoms with van der Waals surface area (Å²) < 4.78 is 5.43. The Morgan fingerprint density at radius 2 is 2.29 bits per heavy atom. The monoisotopic (exact) mass is 288 g/mol. The fraction of sp³-hybridized carbons (Fsp3) is 0.625. The Morgan fingerprint density at radius 1 is 1.38 bits per heavy atom. The maximum atomic E-state index is 5.43. The molecule has 0 spiro atoms. The van der Waals surface area contributed by atoms with Gasteiger partial charge in [-0.3, -0.25) is 0 Å². The van der Waals surface area contributed by atoms with Crippen molar-refractivity contribution < 1.29 is 4.74 Å². The second kappa shape index (κ2) is 6.43. The molecule has 21 heavy (non-hydrogen) atoms. The van der Waals surface area contributed by atoms with Gasteiger partial charge in [-0.1, -0.05) is 6.92 Å². The smallest absolute Gasteiger partial charge is 0.215 e. The van der Waals surface area contributed by atoms with Crippen molar-refractivity contribution in [3.8, 4) is 5.88 Å². The number of aromatic nitrogens is 3. The largest absolute Gasteiger partial charge is 0.478 e. The van der Waals surface area contributed by atoms with E-state index in [0.717, 1.165) is 42.4 Å². The van der Waals surface area contributed by atoms with Gasteiger partial charge in [-0.2, -0.15) is 4.98 Å². The van der Waals surface area contributed by atoms with Crippen molar-refractivity contribution >= 4 is 11.2 Å². The van der Waals surface area contributed by atoms with Crippen LogP contribution in [-0.2, 0) is 6.42 Å². The van der Waals surface area contributed by atoms with E-state index in [1.165, 1.54) is 12.8 Å². The Labute approximate surface area is 125 Å². The van der Waals surface area contributed by atoms with Crippen LogP contribution >= 0.6 is 0 Å². The highest BCUT2D eigenvalue weighted by Crippen LogP contribution is 2.23. The predicted molar refractivity (Wildman–Crippen MR) is 83.5 cm³/mol. The molecule has 5 nitrogen and oxygen atoms in total. The van der Waals surface area contributed by atoms with Crippen molar-refractivity contribution in [2.75, 3.05) is 19.7 Å². The van der Waals surface area contributed by atoms with Crippen LogP contribution in [0.4, 0.5) is 0 Å². The molecule has 114 valence electrons. The minimum atomic E-state index is 0.626.